The summed E-state index contributed by atoms with van der Waals surface area (Å²) in [6.45, 7) is 6.59. The number of unbranched alkanes of at least 4 members (excludes halogenated alkanes) is 1. The van der Waals surface area contributed by atoms with Gasteiger partial charge in [-0.05, 0) is 25.8 Å². The minimum Gasteiger partial charge on any atom is -0.450 e. The summed E-state index contributed by atoms with van der Waals surface area (Å²) in [5.74, 6) is -1.13. The van der Waals surface area contributed by atoms with Gasteiger partial charge >= 0.3 is 6.09 Å². The number of carbonyl (C=O) groups excluding carboxylic acids is 1. The molecular formula is C22H29ClF2N6O2. The Kier molecular flexibility index (Phi) is 9.77. The summed E-state index contributed by atoms with van der Waals surface area (Å²) in [6, 6.07) is 2.26. The normalized spacial score (nSPS) is 10.5. The molecule has 2 heterocycles. The molecule has 0 bridgehead atoms. The van der Waals surface area contributed by atoms with Gasteiger partial charge in [0.15, 0.2) is 5.65 Å². The third kappa shape index (κ3) is 6.74. The molecule has 0 aliphatic rings. The minimum absolute atomic E-state index is 0.0738. The van der Waals surface area contributed by atoms with Gasteiger partial charge in [-0.1, -0.05) is 31.5 Å². The summed E-state index contributed by atoms with van der Waals surface area (Å²) in [5.41, 5.74) is 2.40. The predicted molar refractivity (Wildman–Crippen MR) is 125 cm³/mol. The first-order valence-electron chi connectivity index (χ1n) is 10.7. The van der Waals surface area contributed by atoms with Gasteiger partial charge in [0, 0.05) is 32.7 Å². The average Bonchev–Trinajstić information content (AvgIpc) is 3.21. The van der Waals surface area contributed by atoms with Crippen LogP contribution in [-0.4, -0.2) is 46.3 Å². The zero-order valence-electron chi connectivity index (χ0n) is 19.5. The molecule has 0 saturated carbocycles. The van der Waals surface area contributed by atoms with E-state index in [9.17, 15) is 13.6 Å². The van der Waals surface area contributed by atoms with E-state index in [2.05, 4.69) is 20.3 Å². The van der Waals surface area contributed by atoms with Crippen LogP contribution in [0, 0.1) is 18.6 Å². The Morgan fingerprint density at radius 1 is 1.21 bits per heavy atom. The molecule has 8 nitrogen and oxygen atoms in total. The summed E-state index contributed by atoms with van der Waals surface area (Å²) in [4.78, 5) is 27.0. The second kappa shape index (κ2) is 12.3. The molecule has 180 valence electrons. The molecule has 3 aromatic rings. The van der Waals surface area contributed by atoms with Crippen molar-refractivity contribution in [3.05, 3.63) is 46.4 Å². The van der Waals surface area contributed by atoms with Gasteiger partial charge in [0.05, 0.1) is 18.6 Å². The van der Waals surface area contributed by atoms with Crippen molar-refractivity contribution in [2.24, 2.45) is 0 Å². The first kappa shape index (κ1) is 26.2. The van der Waals surface area contributed by atoms with Crippen molar-refractivity contribution in [2.45, 2.75) is 46.7 Å². The summed E-state index contributed by atoms with van der Waals surface area (Å²) in [7, 11) is 3.76. The molecule has 0 fully saturated rings. The van der Waals surface area contributed by atoms with Gasteiger partial charge < -0.3 is 19.5 Å². The van der Waals surface area contributed by atoms with Crippen LogP contribution >= 0.6 is 11.6 Å². The molecule has 11 heteroatoms. The Morgan fingerprint density at radius 2 is 1.94 bits per heavy atom. The van der Waals surface area contributed by atoms with E-state index in [1.807, 2.05) is 44.3 Å². The number of amides is 1. The van der Waals surface area contributed by atoms with Gasteiger partial charge in [-0.15, -0.1) is 0 Å². The van der Waals surface area contributed by atoms with Crippen LogP contribution in [0.4, 0.5) is 19.5 Å². The van der Waals surface area contributed by atoms with E-state index in [1.165, 1.54) is 6.07 Å². The van der Waals surface area contributed by atoms with Gasteiger partial charge in [-0.2, -0.15) is 4.98 Å². The van der Waals surface area contributed by atoms with E-state index in [0.717, 1.165) is 29.3 Å². The molecule has 1 N–H and O–H groups in total. The van der Waals surface area contributed by atoms with Crippen molar-refractivity contribution in [3.63, 3.8) is 0 Å². The maximum Gasteiger partial charge on any atom is 0.407 e. The fraction of sp³-hybridized carbons (Fsp3) is 0.455. The molecule has 0 spiro atoms. The van der Waals surface area contributed by atoms with Gasteiger partial charge in [-0.3, -0.25) is 0 Å². The monoisotopic (exact) mass is 482 g/mol. The number of hydrogen-bond acceptors (Lipinski definition) is 6. The number of benzene rings is 1. The van der Waals surface area contributed by atoms with Crippen LogP contribution < -0.4 is 10.2 Å². The lowest BCUT2D eigenvalue weighted by atomic mass is 10.2. The van der Waals surface area contributed by atoms with Crippen molar-refractivity contribution >= 4 is 34.8 Å². The maximum atomic E-state index is 13.8. The van der Waals surface area contributed by atoms with Crippen LogP contribution in [0.3, 0.4) is 0 Å². The molecule has 1 amide bonds. The number of aromatic nitrogens is 4. The third-order valence-electron chi connectivity index (χ3n) is 4.59. The number of nitrogens with one attached hydrogen (secondary N) is 1. The number of rotatable bonds is 8. The van der Waals surface area contributed by atoms with Gasteiger partial charge in [0.25, 0.3) is 0 Å². The maximum absolute atomic E-state index is 13.8. The molecular weight excluding hydrogens is 454 g/mol. The predicted octanol–water partition coefficient (Wildman–Crippen LogP) is 4.87. The zero-order chi connectivity index (χ0) is 24.5. The van der Waals surface area contributed by atoms with E-state index in [4.69, 9.17) is 16.3 Å². The van der Waals surface area contributed by atoms with E-state index in [0.29, 0.717) is 18.9 Å². The summed E-state index contributed by atoms with van der Waals surface area (Å²) in [5, 5.41) is 1.82. The summed E-state index contributed by atoms with van der Waals surface area (Å²) >= 11 is 5.52. The molecule has 0 aliphatic carbocycles. The standard InChI is InChI=1S/C20H23ClF2N6O2.C2H6/c1-12-17-18(27-19(26-12)28(2)3)29(11-25-17)8-4-5-9-31-20(30)24-10-13-6-7-14(22)15(21)16(13)23;1-2/h6-7,11H,4-5,8-10H2,1-3H3,(H,24,30);1-2H3. The SMILES string of the molecule is CC.Cc1nc(N(C)C)nc2c1ncn2CCCCOC(=O)NCc1ccc(F)c(Cl)c1F. The van der Waals surface area contributed by atoms with Crippen LogP contribution in [0.5, 0.6) is 0 Å². The van der Waals surface area contributed by atoms with E-state index < -0.39 is 22.8 Å². The number of carbonyl (C=O) groups is 1. The Hall–Kier alpha value is -3.01. The highest BCUT2D eigenvalue weighted by molar-refractivity contribution is 6.30. The van der Waals surface area contributed by atoms with Crippen molar-refractivity contribution < 1.29 is 18.3 Å². The second-order valence-corrected chi connectivity index (χ2v) is 7.52. The van der Waals surface area contributed by atoms with Gasteiger partial charge in [0.2, 0.25) is 5.95 Å². The zero-order valence-corrected chi connectivity index (χ0v) is 20.2. The number of fused-ring (bicyclic) bond motifs is 1. The van der Waals surface area contributed by atoms with Gasteiger partial charge in [0.1, 0.15) is 22.2 Å². The van der Waals surface area contributed by atoms with E-state index >= 15 is 0 Å². The lowest BCUT2D eigenvalue weighted by molar-refractivity contribution is 0.143. The third-order valence-corrected chi connectivity index (χ3v) is 4.94. The Bertz CT molecular complexity index is 1090. The number of hydrogen-bond donors (Lipinski definition) is 1. The average molecular weight is 483 g/mol. The number of halogens is 3. The smallest absolute Gasteiger partial charge is 0.407 e. The fourth-order valence-corrected chi connectivity index (χ4v) is 3.09. The van der Waals surface area contributed by atoms with E-state index in [-0.39, 0.29) is 18.7 Å². The number of anilines is 1. The van der Waals surface area contributed by atoms with Crippen LogP contribution in [0.1, 0.15) is 37.9 Å². The second-order valence-electron chi connectivity index (χ2n) is 7.14. The quantitative estimate of drug-likeness (QED) is 0.364. The van der Waals surface area contributed by atoms with Crippen LogP contribution in [0.2, 0.25) is 5.02 Å². The van der Waals surface area contributed by atoms with Crippen LogP contribution in [0.25, 0.3) is 11.2 Å². The van der Waals surface area contributed by atoms with E-state index in [1.54, 1.807) is 6.33 Å². The first-order chi connectivity index (χ1) is 15.8. The molecule has 1 aromatic carbocycles. The Morgan fingerprint density at radius 3 is 2.64 bits per heavy atom. The summed E-state index contributed by atoms with van der Waals surface area (Å²) < 4.78 is 34.0. The van der Waals surface area contributed by atoms with Crippen molar-refractivity contribution in [1.29, 1.82) is 0 Å². The molecule has 33 heavy (non-hydrogen) atoms. The lowest BCUT2D eigenvalue weighted by Gasteiger charge is -2.11. The number of nitrogens with zero attached hydrogens (tertiary/aromatic N) is 5. The highest BCUT2D eigenvalue weighted by Gasteiger charge is 2.13. The van der Waals surface area contributed by atoms with Gasteiger partial charge in [-0.25, -0.2) is 23.5 Å². The summed E-state index contributed by atoms with van der Waals surface area (Å²) in [6.07, 6.45) is 2.39. The van der Waals surface area contributed by atoms with Crippen LogP contribution in [0.15, 0.2) is 18.5 Å². The molecule has 0 saturated heterocycles. The molecule has 0 atom stereocenters. The van der Waals surface area contributed by atoms with Crippen LogP contribution in [-0.2, 0) is 17.8 Å². The first-order valence-corrected chi connectivity index (χ1v) is 11.1. The highest BCUT2D eigenvalue weighted by Crippen LogP contribution is 2.22. The Balaban J connectivity index is 0.00000187. The topological polar surface area (TPSA) is 85.2 Å². The molecule has 0 aliphatic heterocycles. The fourth-order valence-electron chi connectivity index (χ4n) is 2.90. The number of aryl methyl sites for hydroxylation is 2. The lowest BCUT2D eigenvalue weighted by Crippen LogP contribution is -2.24. The largest absolute Gasteiger partial charge is 0.450 e. The van der Waals surface area contributed by atoms with Crippen molar-refractivity contribution in [2.75, 3.05) is 25.6 Å². The molecule has 0 radical (unpaired) electrons. The Labute approximate surface area is 196 Å². The molecule has 2 aromatic heterocycles. The van der Waals surface area contributed by atoms with Crippen molar-refractivity contribution in [1.82, 2.24) is 24.8 Å². The highest BCUT2D eigenvalue weighted by atomic mass is 35.5. The number of ether oxygens (including phenoxy) is 1. The van der Waals surface area contributed by atoms with Crippen molar-refractivity contribution in [3.8, 4) is 0 Å². The minimum atomic E-state index is -0.897. The number of imidazole rings is 1. The molecule has 3 rings (SSSR count). The molecule has 0 unspecified atom stereocenters. The number of alkyl carbamates (subject to hydrolysis) is 1.